The van der Waals surface area contributed by atoms with Gasteiger partial charge in [0, 0.05) is 18.7 Å². The summed E-state index contributed by atoms with van der Waals surface area (Å²) in [6, 6.07) is 5.32. The molecule has 1 aromatic rings. The molecule has 8 heteroatoms. The fraction of sp³-hybridized carbons (Fsp3) is 0.500. The summed E-state index contributed by atoms with van der Waals surface area (Å²) in [6.45, 7) is 0. The third-order valence-electron chi connectivity index (χ3n) is 5.37. The molecule has 2 amide bonds. The van der Waals surface area contributed by atoms with E-state index in [1.54, 1.807) is 18.2 Å². The minimum Gasteiger partial charge on any atom is -0.468 e. The first-order valence-electron chi connectivity index (χ1n) is 8.30. The first-order valence-corrected chi connectivity index (χ1v) is 9.69. The number of benzene rings is 1. The van der Waals surface area contributed by atoms with Gasteiger partial charge in [-0.2, -0.15) is 11.8 Å². The highest BCUT2D eigenvalue weighted by Crippen LogP contribution is 2.50. The van der Waals surface area contributed by atoms with E-state index in [2.05, 4.69) is 5.32 Å². The maximum atomic E-state index is 14.4. The number of thioether (sulfide) groups is 1. The Balaban J connectivity index is 2.15. The Bertz CT molecular complexity index is 758. The second kappa shape index (κ2) is 7.00. The summed E-state index contributed by atoms with van der Waals surface area (Å²) in [5, 5.41) is 3.13. The highest BCUT2D eigenvalue weighted by molar-refractivity contribution is 7.98. The molecular weight excluding hydrogens is 359 g/mol. The lowest BCUT2D eigenvalue weighted by Gasteiger charge is -2.32. The van der Waals surface area contributed by atoms with Gasteiger partial charge in [-0.05, 0) is 24.5 Å². The monoisotopic (exact) mass is 380 g/mol. The van der Waals surface area contributed by atoms with Gasteiger partial charge in [0.15, 0.2) is 0 Å². The van der Waals surface area contributed by atoms with E-state index < -0.39 is 47.0 Å². The lowest BCUT2D eigenvalue weighted by molar-refractivity contribution is -0.154. The van der Waals surface area contributed by atoms with Crippen molar-refractivity contribution in [2.24, 2.45) is 11.8 Å². The Labute approximate surface area is 155 Å². The summed E-state index contributed by atoms with van der Waals surface area (Å²) in [4.78, 5) is 39.3. The van der Waals surface area contributed by atoms with E-state index >= 15 is 0 Å². The third-order valence-corrected chi connectivity index (χ3v) is 5.98. The standard InChI is InChI=1S/C18H21FN2O4S/c1-21-15(22)12-13(16(21)23)18(8-9-26-3,17(24)25-2)20-14(12)10-6-4-5-7-11(10)19/h4-7,12-14,20H,8-9H2,1-3H3/t12-,13+,14-,18-/m1/s1. The second-order valence-corrected chi connectivity index (χ2v) is 7.57. The summed E-state index contributed by atoms with van der Waals surface area (Å²) < 4.78 is 19.4. The van der Waals surface area contributed by atoms with E-state index in [4.69, 9.17) is 4.74 Å². The first kappa shape index (κ1) is 18.8. The van der Waals surface area contributed by atoms with Gasteiger partial charge in [0.05, 0.1) is 18.9 Å². The van der Waals surface area contributed by atoms with Gasteiger partial charge in [-0.3, -0.25) is 24.6 Å². The van der Waals surface area contributed by atoms with Gasteiger partial charge < -0.3 is 4.74 Å². The van der Waals surface area contributed by atoms with Gasteiger partial charge in [-0.15, -0.1) is 0 Å². The molecule has 0 unspecified atom stereocenters. The Morgan fingerprint density at radius 3 is 2.65 bits per heavy atom. The third kappa shape index (κ3) is 2.63. The van der Waals surface area contributed by atoms with Crippen LogP contribution in [0.3, 0.4) is 0 Å². The topological polar surface area (TPSA) is 75.7 Å². The SMILES string of the molecule is COC(=O)[C@]1(CCSC)N[C@H](c2ccccc2F)[C@@H]2C(=O)N(C)C(=O)[C@H]21. The van der Waals surface area contributed by atoms with Gasteiger partial charge in [0.25, 0.3) is 0 Å². The molecule has 0 aliphatic carbocycles. The van der Waals surface area contributed by atoms with E-state index in [1.807, 2.05) is 6.26 Å². The van der Waals surface area contributed by atoms with Crippen LogP contribution < -0.4 is 5.32 Å². The van der Waals surface area contributed by atoms with E-state index in [-0.39, 0.29) is 5.56 Å². The average molecular weight is 380 g/mol. The number of methoxy groups -OCH3 is 1. The van der Waals surface area contributed by atoms with Crippen LogP contribution in [-0.4, -0.2) is 54.4 Å². The lowest BCUT2D eigenvalue weighted by Crippen LogP contribution is -2.56. The van der Waals surface area contributed by atoms with Gasteiger partial charge >= 0.3 is 5.97 Å². The van der Waals surface area contributed by atoms with Crippen molar-refractivity contribution in [2.75, 3.05) is 26.2 Å². The van der Waals surface area contributed by atoms with Crippen LogP contribution in [0.5, 0.6) is 0 Å². The van der Waals surface area contributed by atoms with Crippen LogP contribution >= 0.6 is 11.8 Å². The molecule has 0 radical (unpaired) electrons. The summed E-state index contributed by atoms with van der Waals surface area (Å²) in [7, 11) is 2.65. The number of carbonyl (C=O) groups is 3. The molecule has 2 heterocycles. The average Bonchev–Trinajstić information content (AvgIpc) is 3.10. The highest BCUT2D eigenvalue weighted by Gasteiger charge is 2.68. The van der Waals surface area contributed by atoms with Gasteiger partial charge in [-0.25, -0.2) is 4.39 Å². The molecule has 2 fully saturated rings. The number of hydrogen-bond donors (Lipinski definition) is 1. The van der Waals surface area contributed by atoms with Crippen LogP contribution in [0.4, 0.5) is 4.39 Å². The maximum Gasteiger partial charge on any atom is 0.326 e. The van der Waals surface area contributed by atoms with Crippen LogP contribution in [0.15, 0.2) is 24.3 Å². The number of esters is 1. The van der Waals surface area contributed by atoms with Crippen LogP contribution in [0, 0.1) is 17.7 Å². The molecule has 1 N–H and O–H groups in total. The number of fused-ring (bicyclic) bond motifs is 1. The molecule has 2 aliphatic heterocycles. The predicted octanol–water partition coefficient (Wildman–Crippen LogP) is 1.37. The zero-order chi connectivity index (χ0) is 19.1. The molecule has 0 aromatic heterocycles. The molecule has 2 aliphatic rings. The fourth-order valence-electron chi connectivity index (χ4n) is 4.11. The zero-order valence-corrected chi connectivity index (χ0v) is 15.6. The molecule has 26 heavy (non-hydrogen) atoms. The van der Waals surface area contributed by atoms with Crippen molar-refractivity contribution < 1.29 is 23.5 Å². The molecule has 0 saturated carbocycles. The van der Waals surface area contributed by atoms with Crippen molar-refractivity contribution in [3.8, 4) is 0 Å². The van der Waals surface area contributed by atoms with Crippen LogP contribution in [0.25, 0.3) is 0 Å². The van der Waals surface area contributed by atoms with E-state index in [0.29, 0.717) is 12.2 Å². The number of imide groups is 1. The number of nitrogens with one attached hydrogen (secondary N) is 1. The zero-order valence-electron chi connectivity index (χ0n) is 14.8. The Kier molecular flexibility index (Phi) is 5.07. The molecule has 3 rings (SSSR count). The molecule has 0 bridgehead atoms. The number of nitrogens with zero attached hydrogens (tertiary/aromatic N) is 1. The van der Waals surface area contributed by atoms with Crippen molar-refractivity contribution in [1.29, 1.82) is 0 Å². The quantitative estimate of drug-likeness (QED) is 0.614. The number of ether oxygens (including phenoxy) is 1. The van der Waals surface area contributed by atoms with Crippen LogP contribution in [0.2, 0.25) is 0 Å². The smallest absolute Gasteiger partial charge is 0.326 e. The molecular formula is C18H21FN2O4S. The van der Waals surface area contributed by atoms with Gasteiger partial charge in [-0.1, -0.05) is 18.2 Å². The number of amides is 2. The number of halogens is 1. The number of hydrogen-bond acceptors (Lipinski definition) is 6. The summed E-state index contributed by atoms with van der Waals surface area (Å²) in [5.74, 6) is -3.09. The fourth-order valence-corrected chi connectivity index (χ4v) is 4.63. The maximum absolute atomic E-state index is 14.4. The molecule has 4 atom stereocenters. The Morgan fingerprint density at radius 2 is 2.04 bits per heavy atom. The van der Waals surface area contributed by atoms with E-state index in [0.717, 1.165) is 4.90 Å². The minimum atomic E-state index is -1.35. The normalized spacial score (nSPS) is 30.6. The van der Waals surface area contributed by atoms with E-state index in [9.17, 15) is 18.8 Å². The number of likely N-dealkylation sites (tertiary alicyclic amines) is 1. The predicted molar refractivity (Wildman–Crippen MR) is 94.8 cm³/mol. The number of rotatable bonds is 5. The van der Waals surface area contributed by atoms with Crippen LogP contribution in [0.1, 0.15) is 18.0 Å². The molecule has 140 valence electrons. The molecule has 0 spiro atoms. The Hall–Kier alpha value is -1.93. The molecule has 6 nitrogen and oxygen atoms in total. The second-order valence-electron chi connectivity index (χ2n) is 6.59. The van der Waals surface area contributed by atoms with E-state index in [1.165, 1.54) is 32.0 Å². The summed E-state index contributed by atoms with van der Waals surface area (Å²) in [5.41, 5.74) is -1.08. The van der Waals surface area contributed by atoms with Crippen molar-refractivity contribution in [3.63, 3.8) is 0 Å². The van der Waals surface area contributed by atoms with Crippen molar-refractivity contribution in [2.45, 2.75) is 18.0 Å². The van der Waals surface area contributed by atoms with Crippen molar-refractivity contribution in [1.82, 2.24) is 10.2 Å². The number of carbonyl (C=O) groups excluding carboxylic acids is 3. The Morgan fingerprint density at radius 1 is 1.35 bits per heavy atom. The first-order chi connectivity index (χ1) is 12.4. The highest BCUT2D eigenvalue weighted by atomic mass is 32.2. The van der Waals surface area contributed by atoms with Gasteiger partial charge in [0.1, 0.15) is 11.4 Å². The molecule has 2 saturated heterocycles. The van der Waals surface area contributed by atoms with Crippen LogP contribution in [-0.2, 0) is 19.1 Å². The minimum absolute atomic E-state index is 0.272. The molecule has 1 aromatic carbocycles. The van der Waals surface area contributed by atoms with Crippen molar-refractivity contribution in [3.05, 3.63) is 35.6 Å². The van der Waals surface area contributed by atoms with Gasteiger partial charge in [0.2, 0.25) is 11.8 Å². The summed E-state index contributed by atoms with van der Waals surface area (Å²) in [6.07, 6.45) is 2.19. The largest absolute Gasteiger partial charge is 0.468 e. The summed E-state index contributed by atoms with van der Waals surface area (Å²) >= 11 is 1.52. The van der Waals surface area contributed by atoms with Crippen molar-refractivity contribution >= 4 is 29.5 Å². The lowest BCUT2D eigenvalue weighted by atomic mass is 9.78.